The highest BCUT2D eigenvalue weighted by molar-refractivity contribution is 9.10. The Morgan fingerprint density at radius 2 is 2.04 bits per heavy atom. The molecule has 0 radical (unpaired) electrons. The van der Waals surface area contributed by atoms with Crippen molar-refractivity contribution in [2.24, 2.45) is 0 Å². The predicted octanol–water partition coefficient (Wildman–Crippen LogP) is 4.15. The number of rotatable bonds is 6. The van der Waals surface area contributed by atoms with Crippen LogP contribution in [0, 0.1) is 0 Å². The number of benzene rings is 1. The highest BCUT2D eigenvalue weighted by Gasteiger charge is 2.17. The van der Waals surface area contributed by atoms with Gasteiger partial charge in [-0.25, -0.2) is 14.8 Å². The molecular formula is C18H18BrN5O3. The van der Waals surface area contributed by atoms with Crippen LogP contribution in [-0.4, -0.2) is 32.4 Å². The smallest absolute Gasteiger partial charge is 0.410 e. The van der Waals surface area contributed by atoms with E-state index in [-0.39, 0.29) is 11.5 Å². The lowest BCUT2D eigenvalue weighted by Crippen LogP contribution is -2.21. The molecule has 0 aliphatic carbocycles. The molecule has 0 saturated heterocycles. The predicted molar refractivity (Wildman–Crippen MR) is 104 cm³/mol. The molecule has 0 aliphatic rings. The summed E-state index contributed by atoms with van der Waals surface area (Å²) in [7, 11) is 0. The van der Waals surface area contributed by atoms with Gasteiger partial charge in [0.05, 0.1) is 6.20 Å². The topological polar surface area (TPSA) is 113 Å². The van der Waals surface area contributed by atoms with Gasteiger partial charge in [-0.05, 0) is 21.5 Å². The van der Waals surface area contributed by atoms with E-state index in [2.05, 4.69) is 55.5 Å². The first-order chi connectivity index (χ1) is 12.9. The molecular weight excluding hydrogens is 414 g/mol. The number of aromatic nitrogens is 3. The van der Waals surface area contributed by atoms with Crippen molar-refractivity contribution in [3.8, 4) is 22.7 Å². The number of nitrogens with one attached hydrogen (secondary N) is 2. The van der Waals surface area contributed by atoms with Gasteiger partial charge in [0.2, 0.25) is 0 Å². The lowest BCUT2D eigenvalue weighted by molar-refractivity contribution is 0.209. The molecule has 8 nitrogen and oxygen atoms in total. The minimum atomic E-state index is -1.24. The molecule has 1 amide bonds. The Morgan fingerprint density at radius 3 is 2.70 bits per heavy atom. The number of anilines is 1. The molecule has 2 heterocycles. The van der Waals surface area contributed by atoms with Gasteiger partial charge < -0.3 is 14.9 Å². The van der Waals surface area contributed by atoms with Crippen molar-refractivity contribution in [1.82, 2.24) is 20.4 Å². The molecule has 0 aliphatic heterocycles. The number of amides is 1. The van der Waals surface area contributed by atoms with Gasteiger partial charge in [-0.3, -0.25) is 5.32 Å². The quantitative estimate of drug-likeness (QED) is 0.536. The molecule has 27 heavy (non-hydrogen) atoms. The zero-order valence-electron chi connectivity index (χ0n) is 14.7. The van der Waals surface area contributed by atoms with Crippen molar-refractivity contribution in [2.45, 2.75) is 26.4 Å². The van der Waals surface area contributed by atoms with E-state index >= 15 is 0 Å². The second-order valence-electron chi connectivity index (χ2n) is 6.13. The second-order valence-corrected chi connectivity index (χ2v) is 6.94. The average molecular weight is 432 g/mol. The van der Waals surface area contributed by atoms with Gasteiger partial charge >= 0.3 is 6.09 Å². The zero-order valence-corrected chi connectivity index (χ0v) is 16.3. The maximum Gasteiger partial charge on any atom is 0.410 e. The van der Waals surface area contributed by atoms with Crippen LogP contribution in [0.25, 0.3) is 22.7 Å². The van der Waals surface area contributed by atoms with E-state index in [0.717, 1.165) is 12.1 Å². The first kappa shape index (κ1) is 19.0. The Balaban J connectivity index is 1.85. The van der Waals surface area contributed by atoms with Crippen LogP contribution in [0.2, 0.25) is 0 Å². The van der Waals surface area contributed by atoms with Crippen molar-refractivity contribution >= 4 is 27.8 Å². The first-order valence-electron chi connectivity index (χ1n) is 8.24. The largest absolute Gasteiger partial charge is 0.465 e. The summed E-state index contributed by atoms with van der Waals surface area (Å²) in [5.74, 6) is 0.386. The molecule has 0 fully saturated rings. The lowest BCUT2D eigenvalue weighted by Gasteiger charge is -2.08. The number of nitrogens with zero attached hydrogens (tertiary/aromatic N) is 3. The third kappa shape index (κ3) is 4.89. The highest BCUT2D eigenvalue weighted by Crippen LogP contribution is 2.29. The third-order valence-corrected chi connectivity index (χ3v) is 4.06. The molecule has 0 saturated carbocycles. The standard InChI is InChI=1S/C18H18BrN5O3/c1-10(2)20-8-11-3-5-12(6-4-11)13-7-14(27-24-13)16-17(23-18(25)26)21-9-15(19)22-16/h3-7,9-10,20H,8H2,1-2H3,(H,21,23)(H,25,26). The van der Waals surface area contributed by atoms with Crippen molar-refractivity contribution in [3.05, 3.63) is 46.7 Å². The SMILES string of the molecule is CC(C)NCc1ccc(-c2cc(-c3nc(Br)cnc3NC(=O)O)on2)cc1. The first-order valence-corrected chi connectivity index (χ1v) is 9.04. The fourth-order valence-corrected chi connectivity index (χ4v) is 2.65. The Kier molecular flexibility index (Phi) is 5.82. The van der Waals surface area contributed by atoms with Crippen LogP contribution in [0.3, 0.4) is 0 Å². The summed E-state index contributed by atoms with van der Waals surface area (Å²) in [5, 5.41) is 18.6. The molecule has 0 atom stereocenters. The molecule has 3 rings (SSSR count). The van der Waals surface area contributed by atoms with Gasteiger partial charge in [0.15, 0.2) is 17.3 Å². The maximum atomic E-state index is 10.9. The molecule has 2 aromatic heterocycles. The Bertz CT molecular complexity index is 940. The monoisotopic (exact) mass is 431 g/mol. The van der Waals surface area contributed by atoms with Crippen LogP contribution in [0.1, 0.15) is 19.4 Å². The fraction of sp³-hybridized carbons (Fsp3) is 0.222. The Labute approximate surface area is 164 Å². The van der Waals surface area contributed by atoms with E-state index < -0.39 is 6.09 Å². The van der Waals surface area contributed by atoms with Gasteiger partial charge in [-0.2, -0.15) is 0 Å². The summed E-state index contributed by atoms with van der Waals surface area (Å²) in [6.45, 7) is 4.99. The Morgan fingerprint density at radius 1 is 1.30 bits per heavy atom. The summed E-state index contributed by atoms with van der Waals surface area (Å²) in [4.78, 5) is 19.2. The average Bonchev–Trinajstić information content (AvgIpc) is 3.11. The zero-order chi connectivity index (χ0) is 19.4. The minimum absolute atomic E-state index is 0.0727. The number of hydrogen-bond donors (Lipinski definition) is 3. The molecule has 0 unspecified atom stereocenters. The van der Waals surface area contributed by atoms with Gasteiger partial charge in [0, 0.05) is 24.2 Å². The summed E-state index contributed by atoms with van der Waals surface area (Å²) < 4.78 is 5.83. The summed E-state index contributed by atoms with van der Waals surface area (Å²) in [6, 6.07) is 10.1. The van der Waals surface area contributed by atoms with Crippen LogP contribution in [0.15, 0.2) is 45.7 Å². The molecule has 0 bridgehead atoms. The van der Waals surface area contributed by atoms with Crippen molar-refractivity contribution in [2.75, 3.05) is 5.32 Å². The number of halogens is 1. The van der Waals surface area contributed by atoms with Gasteiger partial charge in [-0.15, -0.1) is 0 Å². The molecule has 9 heteroatoms. The van der Waals surface area contributed by atoms with Crippen molar-refractivity contribution in [1.29, 1.82) is 0 Å². The molecule has 140 valence electrons. The summed E-state index contributed by atoms with van der Waals surface area (Å²) in [5.41, 5.74) is 2.93. The second kappa shape index (κ2) is 8.28. The summed E-state index contributed by atoms with van der Waals surface area (Å²) in [6.07, 6.45) is 0.161. The van der Waals surface area contributed by atoms with Crippen molar-refractivity contribution < 1.29 is 14.4 Å². The van der Waals surface area contributed by atoms with E-state index in [1.54, 1.807) is 6.07 Å². The van der Waals surface area contributed by atoms with Gasteiger partial charge in [0.1, 0.15) is 10.3 Å². The maximum absolute atomic E-state index is 10.9. The van der Waals surface area contributed by atoms with Crippen LogP contribution >= 0.6 is 15.9 Å². The number of hydrogen-bond acceptors (Lipinski definition) is 6. The van der Waals surface area contributed by atoms with E-state index in [9.17, 15) is 4.79 Å². The van der Waals surface area contributed by atoms with E-state index in [4.69, 9.17) is 9.63 Å². The highest BCUT2D eigenvalue weighted by atomic mass is 79.9. The Hall–Kier alpha value is -2.78. The number of carboxylic acid groups (broad SMARTS) is 1. The van der Waals surface area contributed by atoms with Crippen LogP contribution in [0.4, 0.5) is 10.6 Å². The van der Waals surface area contributed by atoms with Crippen LogP contribution in [-0.2, 0) is 6.54 Å². The van der Waals surface area contributed by atoms with Crippen molar-refractivity contribution in [3.63, 3.8) is 0 Å². The third-order valence-electron chi connectivity index (χ3n) is 3.68. The van der Waals surface area contributed by atoms with E-state index in [0.29, 0.717) is 22.1 Å². The summed E-state index contributed by atoms with van der Waals surface area (Å²) >= 11 is 3.23. The number of carbonyl (C=O) groups is 1. The molecule has 0 spiro atoms. The van der Waals surface area contributed by atoms with Gasteiger partial charge in [-0.1, -0.05) is 43.3 Å². The lowest BCUT2D eigenvalue weighted by atomic mass is 10.1. The normalized spacial score (nSPS) is 11.0. The van der Waals surface area contributed by atoms with E-state index in [1.807, 2.05) is 24.3 Å². The minimum Gasteiger partial charge on any atom is -0.465 e. The van der Waals surface area contributed by atoms with Crippen LogP contribution < -0.4 is 10.6 Å². The fourth-order valence-electron chi connectivity index (χ4n) is 2.37. The molecule has 3 aromatic rings. The van der Waals surface area contributed by atoms with Gasteiger partial charge in [0.25, 0.3) is 0 Å². The molecule has 3 N–H and O–H groups in total. The van der Waals surface area contributed by atoms with Crippen LogP contribution in [0.5, 0.6) is 0 Å². The molecule has 1 aromatic carbocycles. The van der Waals surface area contributed by atoms with E-state index in [1.165, 1.54) is 11.8 Å².